The maximum Gasteiger partial charge on any atom is 0.0692 e. The van der Waals surface area contributed by atoms with Crippen LogP contribution in [0, 0.1) is 0 Å². The van der Waals surface area contributed by atoms with Crippen molar-refractivity contribution in [3.05, 3.63) is 0 Å². The Morgan fingerprint density at radius 1 is 1.38 bits per heavy atom. The van der Waals surface area contributed by atoms with Gasteiger partial charge in [0, 0.05) is 17.8 Å². The predicted molar refractivity (Wildman–Crippen MR) is 70.0 cm³/mol. The van der Waals surface area contributed by atoms with E-state index in [1.165, 1.54) is 0 Å². The molecule has 0 spiro atoms. The Kier molecular flexibility index (Phi) is 6.11. The maximum atomic E-state index is 9.91. The first-order valence-corrected chi connectivity index (χ1v) is 7.11. The Morgan fingerprint density at radius 3 is 2.62 bits per heavy atom. The van der Waals surface area contributed by atoms with Gasteiger partial charge in [-0.25, -0.2) is 0 Å². The second-order valence-electron chi connectivity index (χ2n) is 5.04. The number of thioether (sulfide) groups is 1. The van der Waals surface area contributed by atoms with Crippen molar-refractivity contribution in [1.29, 1.82) is 0 Å². The van der Waals surface area contributed by atoms with Gasteiger partial charge in [-0.05, 0) is 20.3 Å². The molecule has 4 heteroatoms. The van der Waals surface area contributed by atoms with Gasteiger partial charge in [-0.3, -0.25) is 0 Å². The average molecular weight is 247 g/mol. The molecule has 3 nitrogen and oxygen atoms in total. The molecule has 0 aliphatic carbocycles. The molecule has 1 saturated heterocycles. The van der Waals surface area contributed by atoms with E-state index in [0.717, 1.165) is 13.0 Å². The van der Waals surface area contributed by atoms with Gasteiger partial charge in [-0.1, -0.05) is 13.8 Å². The Labute approximate surface area is 103 Å². The van der Waals surface area contributed by atoms with Crippen LogP contribution < -0.4 is 5.32 Å². The number of hydrogen-bond acceptors (Lipinski definition) is 4. The molecule has 0 radical (unpaired) electrons. The minimum atomic E-state index is -0.206. The van der Waals surface area contributed by atoms with Crippen molar-refractivity contribution < 1.29 is 9.84 Å². The summed E-state index contributed by atoms with van der Waals surface area (Å²) in [5, 5.41) is 14.1. The molecule has 0 aromatic carbocycles. The Morgan fingerprint density at radius 2 is 2.06 bits per heavy atom. The zero-order valence-electron chi connectivity index (χ0n) is 10.8. The minimum absolute atomic E-state index is 0.206. The highest BCUT2D eigenvalue weighted by molar-refractivity contribution is 8.00. The lowest BCUT2D eigenvalue weighted by atomic mass is 10.1. The summed E-state index contributed by atoms with van der Waals surface area (Å²) in [6.07, 6.45) is 0.930. The number of nitrogens with one attached hydrogen (secondary N) is 1. The largest absolute Gasteiger partial charge is 0.392 e. The van der Waals surface area contributed by atoms with Gasteiger partial charge in [0.15, 0.2) is 0 Å². The first-order valence-electron chi connectivity index (χ1n) is 6.17. The lowest BCUT2D eigenvalue weighted by Crippen LogP contribution is -2.29. The van der Waals surface area contributed by atoms with Crippen molar-refractivity contribution in [1.82, 2.24) is 5.32 Å². The van der Waals surface area contributed by atoms with E-state index in [9.17, 15) is 5.11 Å². The van der Waals surface area contributed by atoms with Crippen molar-refractivity contribution >= 4 is 11.8 Å². The van der Waals surface area contributed by atoms with Crippen molar-refractivity contribution in [3.8, 4) is 0 Å². The number of aliphatic hydroxyl groups is 1. The second kappa shape index (κ2) is 6.84. The molecule has 0 aromatic heterocycles. The van der Waals surface area contributed by atoms with Crippen LogP contribution in [0.15, 0.2) is 0 Å². The second-order valence-corrected chi connectivity index (χ2v) is 6.59. The number of hydrogen-bond donors (Lipinski definition) is 2. The normalized spacial score (nSPS) is 30.6. The lowest BCUT2D eigenvalue weighted by Gasteiger charge is -2.16. The fourth-order valence-electron chi connectivity index (χ4n) is 1.75. The molecule has 1 aliphatic heterocycles. The zero-order chi connectivity index (χ0) is 12.1. The Hall–Kier alpha value is 0.230. The van der Waals surface area contributed by atoms with Gasteiger partial charge in [0.05, 0.1) is 24.1 Å². The number of ether oxygens (including phenoxy) is 1. The molecule has 1 rings (SSSR count). The topological polar surface area (TPSA) is 41.5 Å². The maximum absolute atomic E-state index is 9.91. The van der Waals surface area contributed by atoms with E-state index < -0.39 is 0 Å². The minimum Gasteiger partial charge on any atom is -0.392 e. The van der Waals surface area contributed by atoms with Crippen LogP contribution in [0.5, 0.6) is 0 Å². The molecule has 0 aromatic rings. The molecular weight excluding hydrogens is 222 g/mol. The van der Waals surface area contributed by atoms with Crippen LogP contribution in [-0.2, 0) is 4.74 Å². The van der Waals surface area contributed by atoms with E-state index in [1.54, 1.807) is 0 Å². The summed E-state index contributed by atoms with van der Waals surface area (Å²) < 4.78 is 5.57. The molecule has 16 heavy (non-hydrogen) atoms. The Bertz CT molecular complexity index is 199. The molecule has 96 valence electrons. The van der Waals surface area contributed by atoms with Gasteiger partial charge in [0.2, 0.25) is 0 Å². The molecule has 1 fully saturated rings. The van der Waals surface area contributed by atoms with Crippen molar-refractivity contribution in [2.45, 2.75) is 62.9 Å². The monoisotopic (exact) mass is 247 g/mol. The molecule has 2 N–H and O–H groups in total. The molecule has 1 aliphatic rings. The fourth-order valence-corrected chi connectivity index (χ4v) is 3.20. The summed E-state index contributed by atoms with van der Waals surface area (Å²) in [6, 6.07) is 0.517. The van der Waals surface area contributed by atoms with Gasteiger partial charge < -0.3 is 15.2 Å². The van der Waals surface area contributed by atoms with E-state index in [-0.39, 0.29) is 17.5 Å². The van der Waals surface area contributed by atoms with Crippen LogP contribution in [0.3, 0.4) is 0 Å². The van der Waals surface area contributed by atoms with Gasteiger partial charge in [-0.2, -0.15) is 0 Å². The molecule has 1 heterocycles. The molecule has 0 bridgehead atoms. The summed E-state index contributed by atoms with van der Waals surface area (Å²) in [4.78, 5) is 0. The van der Waals surface area contributed by atoms with Crippen LogP contribution in [0.1, 0.15) is 34.1 Å². The van der Waals surface area contributed by atoms with Crippen LogP contribution in [0.4, 0.5) is 0 Å². The van der Waals surface area contributed by atoms with Crippen molar-refractivity contribution in [2.75, 3.05) is 13.2 Å². The average Bonchev–Trinajstić information content (AvgIpc) is 2.53. The van der Waals surface area contributed by atoms with Crippen LogP contribution in [0.2, 0.25) is 0 Å². The van der Waals surface area contributed by atoms with Crippen molar-refractivity contribution in [2.24, 2.45) is 0 Å². The Balaban J connectivity index is 2.24. The third-order valence-electron chi connectivity index (χ3n) is 2.65. The van der Waals surface area contributed by atoms with E-state index in [4.69, 9.17) is 4.74 Å². The van der Waals surface area contributed by atoms with Crippen LogP contribution in [-0.4, -0.2) is 47.0 Å². The molecule has 3 atom stereocenters. The summed E-state index contributed by atoms with van der Waals surface area (Å²) in [5.74, 6) is 0. The summed E-state index contributed by atoms with van der Waals surface area (Å²) >= 11 is 1.87. The molecule has 0 saturated carbocycles. The molecule has 3 unspecified atom stereocenters. The summed E-state index contributed by atoms with van der Waals surface area (Å²) in [7, 11) is 0. The highest BCUT2D eigenvalue weighted by atomic mass is 32.2. The standard InChI is InChI=1S/C12H25NO2S/c1-8(2)13-6-10-5-11(14)12(16-10)7-15-9(3)4/h8-14H,5-7H2,1-4H3. The zero-order valence-corrected chi connectivity index (χ0v) is 11.6. The van der Waals surface area contributed by atoms with E-state index >= 15 is 0 Å². The van der Waals surface area contributed by atoms with Crippen LogP contribution in [0.25, 0.3) is 0 Å². The summed E-state index contributed by atoms with van der Waals surface area (Å²) in [6.45, 7) is 10.0. The third kappa shape index (κ3) is 5.04. The van der Waals surface area contributed by atoms with E-state index in [0.29, 0.717) is 17.9 Å². The third-order valence-corrected chi connectivity index (χ3v) is 4.19. The van der Waals surface area contributed by atoms with Crippen LogP contribution >= 0.6 is 11.8 Å². The van der Waals surface area contributed by atoms with E-state index in [1.807, 2.05) is 25.6 Å². The highest BCUT2D eigenvalue weighted by Crippen LogP contribution is 2.34. The first kappa shape index (κ1) is 14.3. The quantitative estimate of drug-likeness (QED) is 0.749. The van der Waals surface area contributed by atoms with Crippen molar-refractivity contribution in [3.63, 3.8) is 0 Å². The smallest absolute Gasteiger partial charge is 0.0692 e. The van der Waals surface area contributed by atoms with Gasteiger partial charge in [-0.15, -0.1) is 11.8 Å². The van der Waals surface area contributed by atoms with Gasteiger partial charge in [0.1, 0.15) is 0 Å². The fraction of sp³-hybridized carbons (Fsp3) is 1.00. The van der Waals surface area contributed by atoms with E-state index in [2.05, 4.69) is 19.2 Å². The van der Waals surface area contributed by atoms with Gasteiger partial charge >= 0.3 is 0 Å². The molecular formula is C12H25NO2S. The first-order chi connectivity index (χ1) is 7.49. The van der Waals surface area contributed by atoms with Gasteiger partial charge in [0.25, 0.3) is 0 Å². The molecule has 0 amide bonds. The number of rotatable bonds is 6. The SMILES string of the molecule is CC(C)NCC1CC(O)C(COC(C)C)S1. The lowest BCUT2D eigenvalue weighted by molar-refractivity contribution is 0.0535. The highest BCUT2D eigenvalue weighted by Gasteiger charge is 2.33. The predicted octanol–water partition coefficient (Wildman–Crippen LogP) is 1.64. The summed E-state index contributed by atoms with van der Waals surface area (Å²) in [5.41, 5.74) is 0. The number of aliphatic hydroxyl groups excluding tert-OH is 1.